The Balaban J connectivity index is 1.98. The fourth-order valence-electron chi connectivity index (χ4n) is 3.50. The van der Waals surface area contributed by atoms with Crippen LogP contribution in [0.3, 0.4) is 0 Å². The molecule has 0 aliphatic heterocycles. The van der Waals surface area contributed by atoms with E-state index in [0.29, 0.717) is 41.4 Å². The van der Waals surface area contributed by atoms with E-state index in [1.165, 1.54) is 6.07 Å². The molecule has 0 fully saturated rings. The van der Waals surface area contributed by atoms with Crippen LogP contribution in [0.15, 0.2) is 54.7 Å². The Morgan fingerprint density at radius 2 is 1.75 bits per heavy atom. The van der Waals surface area contributed by atoms with E-state index < -0.39 is 29.8 Å². The Morgan fingerprint density at radius 3 is 2.42 bits per heavy atom. The smallest absolute Gasteiger partial charge is 0.361 e. The highest BCUT2D eigenvalue weighted by atomic mass is 32.2. The lowest BCUT2D eigenvalue weighted by atomic mass is 10.1. The number of nitrogens with zero attached hydrogens (tertiary/aromatic N) is 2. The van der Waals surface area contributed by atoms with Gasteiger partial charge >= 0.3 is 6.18 Å². The van der Waals surface area contributed by atoms with E-state index in [4.69, 9.17) is 4.74 Å². The van der Waals surface area contributed by atoms with Crippen molar-refractivity contribution >= 4 is 23.8 Å². The quantitative estimate of drug-likeness (QED) is 0.217. The summed E-state index contributed by atoms with van der Waals surface area (Å²) in [5, 5.41) is 0. The first-order valence-corrected chi connectivity index (χ1v) is 17.1. The molecule has 3 aromatic rings. The highest BCUT2D eigenvalue weighted by molar-refractivity contribution is 7.92. The molecule has 0 saturated heterocycles. The zero-order chi connectivity index (χ0) is 26.6. The highest BCUT2D eigenvalue weighted by Gasteiger charge is 2.30. The number of hydrogen-bond acceptors (Lipinski definition) is 4. The number of rotatable bonds is 11. The van der Waals surface area contributed by atoms with Gasteiger partial charge in [-0.05, 0) is 36.7 Å². The molecule has 0 spiro atoms. The van der Waals surface area contributed by atoms with Crippen LogP contribution in [0, 0.1) is 0 Å². The summed E-state index contributed by atoms with van der Waals surface area (Å²) < 4.78 is 74.5. The summed E-state index contributed by atoms with van der Waals surface area (Å²) in [5.74, 6) is 0.461. The number of imidazole rings is 1. The first-order valence-electron chi connectivity index (χ1n) is 11.7. The highest BCUT2D eigenvalue weighted by Crippen LogP contribution is 2.33. The van der Waals surface area contributed by atoms with Gasteiger partial charge in [0.2, 0.25) is 10.0 Å². The lowest BCUT2D eigenvalue weighted by Crippen LogP contribution is -2.22. The summed E-state index contributed by atoms with van der Waals surface area (Å²) in [6.45, 7) is 9.24. The first-order chi connectivity index (χ1) is 16.8. The summed E-state index contributed by atoms with van der Waals surface area (Å²) >= 11 is 0. The van der Waals surface area contributed by atoms with Gasteiger partial charge in [-0.25, -0.2) is 13.4 Å². The molecule has 0 aliphatic carbocycles. The van der Waals surface area contributed by atoms with Gasteiger partial charge in [-0.3, -0.25) is 4.72 Å². The van der Waals surface area contributed by atoms with Gasteiger partial charge in [0.25, 0.3) is 0 Å². The van der Waals surface area contributed by atoms with Crippen molar-refractivity contribution in [1.29, 1.82) is 0 Å². The molecule has 0 aliphatic rings. The van der Waals surface area contributed by atoms with E-state index in [1.54, 1.807) is 48.0 Å². The van der Waals surface area contributed by atoms with Crippen LogP contribution in [-0.4, -0.2) is 38.4 Å². The number of alkyl halides is 3. The summed E-state index contributed by atoms with van der Waals surface area (Å²) in [4.78, 5) is 4.62. The summed E-state index contributed by atoms with van der Waals surface area (Å²) in [6, 6.07) is 12.8. The second-order valence-electron chi connectivity index (χ2n) is 9.85. The van der Waals surface area contributed by atoms with Crippen molar-refractivity contribution in [2.45, 2.75) is 51.9 Å². The van der Waals surface area contributed by atoms with Crippen molar-refractivity contribution in [3.8, 4) is 22.6 Å². The maximum absolute atomic E-state index is 13.3. The van der Waals surface area contributed by atoms with Crippen molar-refractivity contribution in [3.05, 3.63) is 60.3 Å². The molecular weight excluding hydrogens is 507 g/mol. The molecular formula is C25H32F3N3O3SSi. The van der Waals surface area contributed by atoms with Crippen LogP contribution in [0.1, 0.15) is 18.9 Å². The minimum absolute atomic E-state index is 0.00349. The van der Waals surface area contributed by atoms with Crippen LogP contribution in [0.5, 0.6) is 0 Å². The average molecular weight is 540 g/mol. The molecule has 0 bridgehead atoms. The minimum atomic E-state index is -4.47. The van der Waals surface area contributed by atoms with Crippen LogP contribution in [-0.2, 0) is 27.7 Å². The number of aromatic nitrogens is 2. The molecule has 36 heavy (non-hydrogen) atoms. The maximum atomic E-state index is 13.3. The summed E-state index contributed by atoms with van der Waals surface area (Å²) in [5.41, 5.74) is 0.929. The van der Waals surface area contributed by atoms with Crippen LogP contribution >= 0.6 is 0 Å². The Kier molecular flexibility index (Phi) is 8.68. The molecule has 1 aromatic heterocycles. The van der Waals surface area contributed by atoms with Crippen molar-refractivity contribution in [3.63, 3.8) is 0 Å². The predicted octanol–water partition coefficient (Wildman–Crippen LogP) is 6.70. The maximum Gasteiger partial charge on any atom is 0.416 e. The van der Waals surface area contributed by atoms with E-state index in [0.717, 1.165) is 18.2 Å². The number of anilines is 1. The molecule has 0 atom stereocenters. The zero-order valence-corrected chi connectivity index (χ0v) is 22.7. The van der Waals surface area contributed by atoms with Gasteiger partial charge in [0.1, 0.15) is 12.6 Å². The Hall–Kier alpha value is -2.63. The number of halogens is 3. The molecule has 0 unspecified atom stereocenters. The molecule has 2 aromatic carbocycles. The van der Waals surface area contributed by atoms with E-state index >= 15 is 0 Å². The third-order valence-corrected chi connectivity index (χ3v) is 8.55. The molecule has 6 nitrogen and oxygen atoms in total. The van der Waals surface area contributed by atoms with Gasteiger partial charge < -0.3 is 9.30 Å². The fourth-order valence-corrected chi connectivity index (χ4v) is 5.38. The zero-order valence-electron chi connectivity index (χ0n) is 20.9. The second kappa shape index (κ2) is 11.2. The Morgan fingerprint density at radius 1 is 1.06 bits per heavy atom. The SMILES string of the molecule is CCCS(=O)(=O)Nc1cccc(-c2nc(-c3cccc(C(F)(F)F)c3)cn2COCC[Si](C)(C)C)c1. The molecule has 0 saturated carbocycles. The van der Waals surface area contributed by atoms with Gasteiger partial charge in [0.15, 0.2) is 0 Å². The van der Waals surface area contributed by atoms with Crippen LogP contribution in [0.25, 0.3) is 22.6 Å². The third-order valence-electron chi connectivity index (χ3n) is 5.36. The van der Waals surface area contributed by atoms with Crippen LogP contribution in [0.4, 0.5) is 18.9 Å². The predicted molar refractivity (Wildman–Crippen MR) is 140 cm³/mol. The lowest BCUT2D eigenvalue weighted by molar-refractivity contribution is -0.137. The minimum Gasteiger partial charge on any atom is -0.361 e. The molecule has 3 rings (SSSR count). The van der Waals surface area contributed by atoms with Crippen molar-refractivity contribution in [2.24, 2.45) is 0 Å². The monoisotopic (exact) mass is 539 g/mol. The average Bonchev–Trinajstić information content (AvgIpc) is 3.20. The van der Waals surface area contributed by atoms with Crippen molar-refractivity contribution in [2.75, 3.05) is 17.1 Å². The largest absolute Gasteiger partial charge is 0.416 e. The molecule has 196 valence electrons. The Bertz CT molecular complexity index is 1290. The fraction of sp³-hybridized carbons (Fsp3) is 0.400. The molecule has 11 heteroatoms. The van der Waals surface area contributed by atoms with Crippen LogP contribution < -0.4 is 4.72 Å². The number of hydrogen-bond donors (Lipinski definition) is 1. The van der Waals surface area contributed by atoms with E-state index in [2.05, 4.69) is 29.3 Å². The number of sulfonamides is 1. The normalized spacial score (nSPS) is 12.6. The van der Waals surface area contributed by atoms with Gasteiger partial charge in [-0.15, -0.1) is 0 Å². The summed E-state index contributed by atoms with van der Waals surface area (Å²) in [6.07, 6.45) is -2.33. The standard InChI is InChI=1S/C25H32F3N3O3SSi/c1-5-13-35(32,33)30-22-11-7-9-20(16-22)24-29-23(17-31(24)18-34-12-14-36(2,3)4)19-8-6-10-21(15-19)25(26,27)28/h6-11,15-17,30H,5,12-14,18H2,1-4H3. The topological polar surface area (TPSA) is 73.2 Å². The van der Waals surface area contributed by atoms with E-state index in [9.17, 15) is 21.6 Å². The van der Waals surface area contributed by atoms with Gasteiger partial charge in [-0.2, -0.15) is 13.2 Å². The van der Waals surface area contributed by atoms with Crippen molar-refractivity contribution in [1.82, 2.24) is 9.55 Å². The second-order valence-corrected chi connectivity index (χ2v) is 17.3. The summed E-state index contributed by atoms with van der Waals surface area (Å²) in [7, 11) is -4.79. The van der Waals surface area contributed by atoms with Gasteiger partial charge in [0, 0.05) is 37.7 Å². The van der Waals surface area contributed by atoms with Gasteiger partial charge in [-0.1, -0.05) is 50.8 Å². The van der Waals surface area contributed by atoms with Gasteiger partial charge in [0.05, 0.1) is 17.0 Å². The van der Waals surface area contributed by atoms with E-state index in [1.807, 2.05) is 0 Å². The third kappa shape index (κ3) is 7.94. The van der Waals surface area contributed by atoms with Crippen LogP contribution in [0.2, 0.25) is 25.7 Å². The molecule has 0 amide bonds. The number of ether oxygens (including phenoxy) is 1. The lowest BCUT2D eigenvalue weighted by Gasteiger charge is -2.16. The van der Waals surface area contributed by atoms with E-state index in [-0.39, 0.29) is 12.5 Å². The molecule has 1 heterocycles. The molecule has 1 N–H and O–H groups in total. The number of nitrogens with one attached hydrogen (secondary N) is 1. The van der Waals surface area contributed by atoms with Crippen molar-refractivity contribution < 1.29 is 26.3 Å². The molecule has 0 radical (unpaired) electrons. The Labute approximate surface area is 211 Å². The number of benzene rings is 2. The first kappa shape index (κ1) is 27.9.